The first-order valence-corrected chi connectivity index (χ1v) is 23.6. The van der Waals surface area contributed by atoms with Gasteiger partial charge >= 0.3 is 17.9 Å². The van der Waals surface area contributed by atoms with Gasteiger partial charge in [0.1, 0.15) is 38.2 Å². The number of hydrogen-bond acceptors (Lipinski definition) is 18. The summed E-state index contributed by atoms with van der Waals surface area (Å²) in [5.41, 5.74) is -1.43. The molecule has 4 aromatic carbocycles. The lowest BCUT2D eigenvalue weighted by atomic mass is 10.0. The van der Waals surface area contributed by atoms with Crippen LogP contribution in [0.2, 0.25) is 10.0 Å². The highest BCUT2D eigenvalue weighted by Crippen LogP contribution is 2.49. The van der Waals surface area contributed by atoms with Crippen molar-refractivity contribution in [1.29, 1.82) is 10.5 Å². The van der Waals surface area contributed by atoms with Crippen LogP contribution in [0.4, 0.5) is 50.1 Å². The summed E-state index contributed by atoms with van der Waals surface area (Å²) in [6, 6.07) is 19.6. The van der Waals surface area contributed by atoms with Gasteiger partial charge < -0.3 is 31.3 Å². The van der Waals surface area contributed by atoms with Crippen LogP contribution in [0.5, 0.6) is 0 Å². The van der Waals surface area contributed by atoms with E-state index in [2.05, 4.69) is 41.4 Å². The van der Waals surface area contributed by atoms with Gasteiger partial charge in [-0.05, 0) is 79.2 Å². The highest BCUT2D eigenvalue weighted by Gasteiger charge is 2.25. The second kappa shape index (κ2) is 21.0. The molecule has 0 radical (unpaired) electrons. The first kappa shape index (κ1) is 51.2. The number of pyridine rings is 1. The van der Waals surface area contributed by atoms with Crippen LogP contribution in [-0.2, 0) is 29.8 Å². The number of carbonyl (C=O) groups excluding carboxylic acids is 1. The van der Waals surface area contributed by atoms with E-state index in [-0.39, 0.29) is 94.4 Å². The molecule has 2 heterocycles. The number of amides is 1. The number of nitrogens with one attached hydrogen (secondary N) is 3. The van der Waals surface area contributed by atoms with Gasteiger partial charge in [-0.25, -0.2) is 14.6 Å². The van der Waals surface area contributed by atoms with Crippen molar-refractivity contribution in [2.24, 2.45) is 20.5 Å². The van der Waals surface area contributed by atoms with Crippen LogP contribution in [-0.4, -0.2) is 70.1 Å². The van der Waals surface area contributed by atoms with Crippen molar-refractivity contribution in [2.75, 3.05) is 16.0 Å². The van der Waals surface area contributed by atoms with Crippen LogP contribution >= 0.6 is 34.5 Å². The highest BCUT2D eigenvalue weighted by molar-refractivity contribution is 7.86. The zero-order valence-electron chi connectivity index (χ0n) is 35.0. The predicted molar refractivity (Wildman–Crippen MR) is 251 cm³/mol. The van der Waals surface area contributed by atoms with E-state index in [0.717, 1.165) is 42.5 Å². The summed E-state index contributed by atoms with van der Waals surface area (Å²) in [5, 5.41) is 73.6. The normalized spacial score (nSPS) is 11.5. The minimum Gasteiger partial charge on any atom is -0.481 e. The number of carbonyl (C=O) groups is 4. The number of halogens is 2. The van der Waals surface area contributed by atoms with Gasteiger partial charge in [-0.3, -0.25) is 18.7 Å². The van der Waals surface area contributed by atoms with Crippen molar-refractivity contribution in [3.63, 3.8) is 0 Å². The molecule has 0 aliphatic heterocycles. The molecular weight excluding hydrogens is 1020 g/mol. The zero-order chi connectivity index (χ0) is 51.2. The summed E-state index contributed by atoms with van der Waals surface area (Å²) < 4.78 is 68.0. The van der Waals surface area contributed by atoms with Crippen LogP contribution in [0.15, 0.2) is 109 Å². The van der Waals surface area contributed by atoms with E-state index in [1.54, 1.807) is 0 Å². The molecule has 28 heteroatoms. The third-order valence-electron chi connectivity index (χ3n) is 9.36. The lowest BCUT2D eigenvalue weighted by Gasteiger charge is -2.16. The van der Waals surface area contributed by atoms with Crippen LogP contribution < -0.4 is 16.0 Å². The van der Waals surface area contributed by atoms with E-state index in [1.165, 1.54) is 43.3 Å². The SMILES string of the molecule is Cc1c(C#N)c(Nc2ccc(Cl)c(S(=O)(=O)O)c2)nc(Nc2ccc(Cl)c(S(=O)(=O)O)c2)c1N=Nc1sc(N=Nc2cc(C(=O)O)cc(C(=O)O)c2)c(-c2cccc(NC(=O)CCC(=O)O)c2)c1C#N. The molecule has 1 amide bonds. The van der Waals surface area contributed by atoms with Gasteiger partial charge in [0.2, 0.25) is 5.91 Å². The quantitative estimate of drug-likeness (QED) is 0.0311. The number of hydrogen-bond donors (Lipinski definition) is 8. The number of aromatic carboxylic acids is 2. The standard InChI is InChI=1S/C42H28Cl2N10O13S3/c1-19-27(17-45)37(48-24-5-7-29(43)31(15-24)69(62,63)64)50-38(49-25-6-8-30(44)32(16-25)70(65,66)67)36(19)52-53-39-28(18-46)35(20-3-2-4-23(12-20)47-33(55)9-10-34(56)57)40(68-39)54-51-26-13-21(41(58)59)11-22(14-26)42(60)61/h2-8,11-16H,9-10H2,1H3,(H,47,55)(H,56,57)(H,58,59)(H,60,61)(H2,48,49,50)(H,62,63,64)(H,65,66,67). The summed E-state index contributed by atoms with van der Waals surface area (Å²) in [7, 11) is -9.72. The molecule has 2 aromatic heterocycles. The Morgan fingerprint density at radius 1 is 0.686 bits per heavy atom. The number of nitrogens with zero attached hydrogens (tertiary/aromatic N) is 7. The molecule has 23 nitrogen and oxygen atoms in total. The first-order valence-electron chi connectivity index (χ1n) is 19.1. The maximum Gasteiger partial charge on any atom is 0.335 e. The number of azo groups is 2. The maximum atomic E-state index is 12.6. The second-order valence-electron chi connectivity index (χ2n) is 14.1. The molecule has 6 aromatic rings. The number of thiophene rings is 1. The van der Waals surface area contributed by atoms with E-state index in [0.29, 0.717) is 11.3 Å². The predicted octanol–water partition coefficient (Wildman–Crippen LogP) is 10.2. The Bertz CT molecular complexity index is 3540. The summed E-state index contributed by atoms with van der Waals surface area (Å²) in [5.74, 6) is -5.33. The minimum atomic E-state index is -4.88. The molecule has 0 saturated heterocycles. The number of nitriles is 2. The monoisotopic (exact) mass is 1050 g/mol. The van der Waals surface area contributed by atoms with Crippen LogP contribution in [0.1, 0.15) is 50.2 Å². The van der Waals surface area contributed by atoms with Crippen LogP contribution in [0, 0.1) is 29.6 Å². The smallest absolute Gasteiger partial charge is 0.335 e. The highest BCUT2D eigenvalue weighted by atomic mass is 35.5. The average molecular weight is 1050 g/mol. The number of benzene rings is 4. The minimum absolute atomic E-state index is 0.0215. The molecule has 0 atom stereocenters. The van der Waals surface area contributed by atoms with Crippen molar-refractivity contribution in [2.45, 2.75) is 29.6 Å². The topological polar surface area (TPSA) is 384 Å². The van der Waals surface area contributed by atoms with Gasteiger partial charge in [0, 0.05) is 34.6 Å². The van der Waals surface area contributed by atoms with Crippen molar-refractivity contribution in [3.05, 3.63) is 117 Å². The Morgan fingerprint density at radius 3 is 1.77 bits per heavy atom. The van der Waals surface area contributed by atoms with Crippen molar-refractivity contribution < 1.29 is 60.4 Å². The van der Waals surface area contributed by atoms with Crippen molar-refractivity contribution in [1.82, 2.24) is 4.98 Å². The Hall–Kier alpha value is -8.21. The lowest BCUT2D eigenvalue weighted by Crippen LogP contribution is -2.13. The molecule has 0 spiro atoms. The fourth-order valence-corrected chi connectivity index (χ4v) is 9.11. The summed E-state index contributed by atoms with van der Waals surface area (Å²) in [6.07, 6.45) is -0.836. The van der Waals surface area contributed by atoms with E-state index >= 15 is 0 Å². The Kier molecular flexibility index (Phi) is 15.3. The molecule has 8 N–H and O–H groups in total. The third kappa shape index (κ3) is 12.1. The fourth-order valence-electron chi connectivity index (χ4n) is 6.19. The van der Waals surface area contributed by atoms with E-state index in [1.807, 2.05) is 12.1 Å². The molecule has 0 saturated carbocycles. The molecular formula is C42H28Cl2N10O13S3. The van der Waals surface area contributed by atoms with E-state index < -0.39 is 71.4 Å². The zero-order valence-corrected chi connectivity index (χ0v) is 39.0. The molecule has 0 bridgehead atoms. The molecule has 70 heavy (non-hydrogen) atoms. The Labute approximate surface area is 408 Å². The number of carboxylic acid groups (broad SMARTS) is 3. The van der Waals surface area contributed by atoms with Gasteiger partial charge in [0.15, 0.2) is 16.6 Å². The first-order chi connectivity index (χ1) is 33.0. The average Bonchev–Trinajstić information content (AvgIpc) is 3.65. The van der Waals surface area contributed by atoms with E-state index in [4.69, 9.17) is 28.3 Å². The summed E-state index contributed by atoms with van der Waals surface area (Å²) in [4.78, 5) is 50.4. The Morgan fingerprint density at radius 2 is 1.24 bits per heavy atom. The number of aromatic nitrogens is 1. The van der Waals surface area contributed by atoms with Crippen LogP contribution in [0.25, 0.3) is 11.1 Å². The number of carboxylic acids is 3. The summed E-state index contributed by atoms with van der Waals surface area (Å²) >= 11 is 12.7. The Balaban J connectivity index is 1.55. The van der Waals surface area contributed by atoms with Gasteiger partial charge in [-0.1, -0.05) is 46.7 Å². The number of anilines is 5. The van der Waals surface area contributed by atoms with Crippen molar-refractivity contribution >= 4 is 129 Å². The van der Waals surface area contributed by atoms with Crippen LogP contribution in [0.3, 0.4) is 0 Å². The molecule has 0 aliphatic rings. The third-order valence-corrected chi connectivity index (χ3v) is 13.0. The summed E-state index contributed by atoms with van der Waals surface area (Å²) in [6.45, 7) is 1.40. The maximum absolute atomic E-state index is 12.6. The van der Waals surface area contributed by atoms with Gasteiger partial charge in [-0.2, -0.15) is 27.4 Å². The van der Waals surface area contributed by atoms with Gasteiger partial charge in [0.05, 0.1) is 38.8 Å². The van der Waals surface area contributed by atoms with Gasteiger partial charge in [0.25, 0.3) is 20.2 Å². The molecule has 356 valence electrons. The molecule has 0 unspecified atom stereocenters. The second-order valence-corrected chi connectivity index (χ2v) is 18.7. The number of rotatable bonds is 17. The molecule has 0 aliphatic carbocycles. The largest absolute Gasteiger partial charge is 0.481 e. The molecule has 6 rings (SSSR count). The molecule has 0 fully saturated rings. The van der Waals surface area contributed by atoms with Crippen molar-refractivity contribution in [3.8, 4) is 23.3 Å². The van der Waals surface area contributed by atoms with E-state index in [9.17, 15) is 65.9 Å². The lowest BCUT2D eigenvalue weighted by molar-refractivity contribution is -0.138. The number of aliphatic carboxylic acids is 1. The fraction of sp³-hybridized carbons (Fsp3) is 0.0714. The van der Waals surface area contributed by atoms with Gasteiger partial charge in [-0.15, -0.1) is 20.5 Å².